The topological polar surface area (TPSA) is 90.2 Å². The number of anilines is 1. The molecule has 17 heavy (non-hydrogen) atoms. The van der Waals surface area contributed by atoms with E-state index in [-0.39, 0.29) is 17.4 Å². The Bertz CT molecular complexity index is 389. The van der Waals surface area contributed by atoms with Crippen LogP contribution in [0, 0.1) is 10.1 Å². The van der Waals surface area contributed by atoms with Crippen molar-refractivity contribution in [2.45, 2.75) is 6.42 Å². The highest BCUT2D eigenvalue weighted by atomic mass is 32.2. The first-order valence-electron chi connectivity index (χ1n) is 4.97. The first kappa shape index (κ1) is 13.5. The number of nitro groups is 1. The molecule has 1 aromatic rings. The summed E-state index contributed by atoms with van der Waals surface area (Å²) in [5.74, 6) is 1.16. The Kier molecular flexibility index (Phi) is 5.47. The number of nitrogens with one attached hydrogen (secondary N) is 1. The van der Waals surface area contributed by atoms with Gasteiger partial charge in [0.05, 0.1) is 12.0 Å². The zero-order valence-electron chi connectivity index (χ0n) is 9.67. The van der Waals surface area contributed by atoms with Crippen molar-refractivity contribution in [3.63, 3.8) is 0 Å². The van der Waals surface area contributed by atoms with E-state index in [1.807, 2.05) is 6.26 Å². The summed E-state index contributed by atoms with van der Waals surface area (Å²) in [5.41, 5.74) is -0.223. The molecule has 0 fully saturated rings. The molecular weight excluding hydrogens is 244 g/mol. The molecule has 0 saturated heterocycles. The predicted molar refractivity (Wildman–Crippen MR) is 66.7 cm³/mol. The van der Waals surface area contributed by atoms with Crippen LogP contribution in [0.15, 0.2) is 6.33 Å². The molecule has 0 unspecified atom stereocenters. The van der Waals surface area contributed by atoms with Crippen molar-refractivity contribution in [2.24, 2.45) is 0 Å². The van der Waals surface area contributed by atoms with Crippen LogP contribution in [0.1, 0.15) is 6.42 Å². The molecule has 94 valence electrons. The second-order valence-corrected chi connectivity index (χ2v) is 4.10. The van der Waals surface area contributed by atoms with Crippen LogP contribution in [0.4, 0.5) is 11.5 Å². The van der Waals surface area contributed by atoms with Crippen LogP contribution in [0.2, 0.25) is 0 Å². The molecule has 1 heterocycles. The van der Waals surface area contributed by atoms with Crippen LogP contribution in [0.5, 0.6) is 5.88 Å². The fraction of sp³-hybridized carbons (Fsp3) is 0.556. The molecule has 8 heteroatoms. The second kappa shape index (κ2) is 6.89. The van der Waals surface area contributed by atoms with Gasteiger partial charge in [-0.2, -0.15) is 16.7 Å². The average molecular weight is 258 g/mol. The number of methoxy groups -OCH3 is 1. The standard InChI is InChI=1S/C9H14N4O3S/c1-16-9-7(13(14)15)8(11-6-12-9)10-4-3-5-17-2/h6H,3-5H2,1-2H3,(H,10,11,12). The van der Waals surface area contributed by atoms with Gasteiger partial charge in [-0.15, -0.1) is 0 Å². The summed E-state index contributed by atoms with van der Waals surface area (Å²) in [6.45, 7) is 0.627. The SMILES string of the molecule is COc1ncnc(NCCCSC)c1[N+](=O)[O-]. The zero-order chi connectivity index (χ0) is 12.7. The van der Waals surface area contributed by atoms with Gasteiger partial charge in [0.15, 0.2) is 0 Å². The van der Waals surface area contributed by atoms with E-state index in [2.05, 4.69) is 15.3 Å². The third kappa shape index (κ3) is 3.74. The predicted octanol–water partition coefficient (Wildman–Crippen LogP) is 1.56. The summed E-state index contributed by atoms with van der Waals surface area (Å²) in [7, 11) is 1.34. The Balaban J connectivity index is 2.79. The van der Waals surface area contributed by atoms with E-state index < -0.39 is 4.92 Å². The lowest BCUT2D eigenvalue weighted by Gasteiger charge is -2.06. The Hall–Kier alpha value is -1.57. The largest absolute Gasteiger partial charge is 0.476 e. The molecule has 0 radical (unpaired) electrons. The van der Waals surface area contributed by atoms with Crippen LogP contribution in [-0.4, -0.2) is 40.6 Å². The maximum absolute atomic E-state index is 10.9. The van der Waals surface area contributed by atoms with Gasteiger partial charge < -0.3 is 10.1 Å². The van der Waals surface area contributed by atoms with Crippen LogP contribution < -0.4 is 10.1 Å². The van der Waals surface area contributed by atoms with Crippen molar-refractivity contribution in [2.75, 3.05) is 31.0 Å². The van der Waals surface area contributed by atoms with Crippen molar-refractivity contribution >= 4 is 23.3 Å². The molecule has 1 N–H and O–H groups in total. The van der Waals surface area contributed by atoms with E-state index in [0.29, 0.717) is 6.54 Å². The van der Waals surface area contributed by atoms with Gasteiger partial charge in [0.25, 0.3) is 5.88 Å². The molecule has 0 aromatic carbocycles. The molecule has 0 aliphatic heterocycles. The summed E-state index contributed by atoms with van der Waals surface area (Å²) in [5, 5.41) is 13.8. The Morgan fingerprint density at radius 1 is 1.59 bits per heavy atom. The quantitative estimate of drug-likeness (QED) is 0.451. The number of thioether (sulfide) groups is 1. The number of ether oxygens (including phenoxy) is 1. The van der Waals surface area contributed by atoms with Gasteiger partial charge in [0.1, 0.15) is 6.33 Å². The van der Waals surface area contributed by atoms with Crippen molar-refractivity contribution in [1.82, 2.24) is 9.97 Å². The summed E-state index contributed by atoms with van der Waals surface area (Å²) in [4.78, 5) is 17.9. The van der Waals surface area contributed by atoms with Gasteiger partial charge in [-0.3, -0.25) is 10.1 Å². The van der Waals surface area contributed by atoms with E-state index in [4.69, 9.17) is 4.74 Å². The minimum atomic E-state index is -0.546. The maximum Gasteiger partial charge on any atom is 0.372 e. The number of hydrogen-bond donors (Lipinski definition) is 1. The number of hydrogen-bond acceptors (Lipinski definition) is 7. The van der Waals surface area contributed by atoms with Gasteiger partial charge in [0.2, 0.25) is 5.82 Å². The lowest BCUT2D eigenvalue weighted by atomic mass is 10.4. The van der Waals surface area contributed by atoms with E-state index in [0.717, 1.165) is 12.2 Å². The lowest BCUT2D eigenvalue weighted by molar-refractivity contribution is -0.385. The molecular formula is C9H14N4O3S. The second-order valence-electron chi connectivity index (χ2n) is 3.11. The molecule has 7 nitrogen and oxygen atoms in total. The molecule has 0 atom stereocenters. The van der Waals surface area contributed by atoms with Crippen LogP contribution in [0.25, 0.3) is 0 Å². The zero-order valence-corrected chi connectivity index (χ0v) is 10.5. The van der Waals surface area contributed by atoms with Crippen LogP contribution in [0.3, 0.4) is 0 Å². The Morgan fingerprint density at radius 3 is 2.94 bits per heavy atom. The monoisotopic (exact) mass is 258 g/mol. The van der Waals surface area contributed by atoms with Crippen molar-refractivity contribution in [3.8, 4) is 5.88 Å². The highest BCUT2D eigenvalue weighted by Crippen LogP contribution is 2.30. The third-order valence-electron chi connectivity index (χ3n) is 1.98. The highest BCUT2D eigenvalue weighted by Gasteiger charge is 2.23. The normalized spacial score (nSPS) is 10.0. The molecule has 1 aromatic heterocycles. The smallest absolute Gasteiger partial charge is 0.372 e. The summed E-state index contributed by atoms with van der Waals surface area (Å²) in [6.07, 6.45) is 4.16. The van der Waals surface area contributed by atoms with Crippen LogP contribution in [-0.2, 0) is 0 Å². The molecule has 0 aliphatic rings. The first-order valence-corrected chi connectivity index (χ1v) is 6.36. The maximum atomic E-state index is 10.9. The Labute approximate surface area is 103 Å². The summed E-state index contributed by atoms with van der Waals surface area (Å²) < 4.78 is 4.84. The van der Waals surface area contributed by atoms with Crippen molar-refractivity contribution in [1.29, 1.82) is 0 Å². The highest BCUT2D eigenvalue weighted by molar-refractivity contribution is 7.98. The molecule has 0 saturated carbocycles. The fourth-order valence-corrected chi connectivity index (χ4v) is 1.66. The minimum Gasteiger partial charge on any atom is -0.476 e. The molecule has 0 aliphatic carbocycles. The number of nitrogens with zero attached hydrogens (tertiary/aromatic N) is 3. The van der Waals surface area contributed by atoms with Crippen molar-refractivity contribution < 1.29 is 9.66 Å². The fourth-order valence-electron chi connectivity index (χ4n) is 1.23. The first-order chi connectivity index (χ1) is 8.20. The number of aromatic nitrogens is 2. The third-order valence-corrected chi connectivity index (χ3v) is 2.68. The van der Waals surface area contributed by atoms with E-state index >= 15 is 0 Å². The number of rotatable bonds is 7. The van der Waals surface area contributed by atoms with Crippen LogP contribution >= 0.6 is 11.8 Å². The Morgan fingerprint density at radius 2 is 2.35 bits per heavy atom. The van der Waals surface area contributed by atoms with Crippen molar-refractivity contribution in [3.05, 3.63) is 16.4 Å². The molecule has 0 spiro atoms. The lowest BCUT2D eigenvalue weighted by Crippen LogP contribution is -2.08. The molecule has 1 rings (SSSR count). The molecule has 0 bridgehead atoms. The van der Waals surface area contributed by atoms with E-state index in [1.165, 1.54) is 13.4 Å². The van der Waals surface area contributed by atoms with Gasteiger partial charge in [0, 0.05) is 6.54 Å². The summed E-state index contributed by atoms with van der Waals surface area (Å²) in [6, 6.07) is 0. The van der Waals surface area contributed by atoms with Gasteiger partial charge in [-0.1, -0.05) is 0 Å². The molecule has 0 amide bonds. The van der Waals surface area contributed by atoms with E-state index in [1.54, 1.807) is 11.8 Å². The summed E-state index contributed by atoms with van der Waals surface area (Å²) >= 11 is 1.72. The van der Waals surface area contributed by atoms with Gasteiger partial charge in [-0.05, 0) is 18.4 Å². The van der Waals surface area contributed by atoms with Gasteiger partial charge in [-0.25, -0.2) is 4.98 Å². The van der Waals surface area contributed by atoms with Gasteiger partial charge >= 0.3 is 5.69 Å². The van der Waals surface area contributed by atoms with E-state index in [9.17, 15) is 10.1 Å². The minimum absolute atomic E-state index is 0.0302. The average Bonchev–Trinajstić information content (AvgIpc) is 2.33.